The Hall–Kier alpha value is -6.25. The lowest BCUT2D eigenvalue weighted by Crippen LogP contribution is -2.55. The molecule has 1 spiro atoms. The molecular weight excluding hydrogens is 725 g/mol. The Morgan fingerprint density at radius 3 is 1.87 bits per heavy atom. The lowest BCUT2D eigenvalue weighted by molar-refractivity contribution is -0.0399. The molecule has 0 atom stereocenters. The van der Waals surface area contributed by atoms with Crippen LogP contribution in [0.2, 0.25) is 0 Å². The Bertz CT molecular complexity index is 3000. The van der Waals surface area contributed by atoms with Crippen molar-refractivity contribution in [2.45, 2.75) is 56.8 Å². The van der Waals surface area contributed by atoms with Crippen molar-refractivity contribution < 1.29 is 0 Å². The van der Waals surface area contributed by atoms with Crippen molar-refractivity contribution in [3.63, 3.8) is 0 Å². The third kappa shape index (κ3) is 4.68. The summed E-state index contributed by atoms with van der Waals surface area (Å²) in [7, 11) is 0. The maximum absolute atomic E-state index is 5.01. The zero-order valence-corrected chi connectivity index (χ0v) is 34.4. The van der Waals surface area contributed by atoms with Gasteiger partial charge in [-0.05, 0) is 159 Å². The van der Waals surface area contributed by atoms with Gasteiger partial charge in [0.05, 0.1) is 11.2 Å². The van der Waals surface area contributed by atoms with Gasteiger partial charge in [0.25, 0.3) is 0 Å². The van der Waals surface area contributed by atoms with E-state index in [1.54, 1.807) is 11.1 Å². The van der Waals surface area contributed by atoms with Crippen molar-refractivity contribution in [3.8, 4) is 44.5 Å². The van der Waals surface area contributed by atoms with Gasteiger partial charge in [-0.25, -0.2) is 0 Å². The van der Waals surface area contributed by atoms with Gasteiger partial charge in [0.2, 0.25) is 0 Å². The first-order valence-electron chi connectivity index (χ1n) is 22.3. The van der Waals surface area contributed by atoms with Crippen molar-refractivity contribution in [3.05, 3.63) is 192 Å². The van der Waals surface area contributed by atoms with Gasteiger partial charge in [-0.1, -0.05) is 135 Å². The van der Waals surface area contributed by atoms with Crippen LogP contribution in [0.15, 0.2) is 170 Å². The minimum atomic E-state index is -0.134. The zero-order chi connectivity index (χ0) is 39.7. The summed E-state index contributed by atoms with van der Waals surface area (Å²) in [4.78, 5) is 7.56. The van der Waals surface area contributed by atoms with Crippen LogP contribution in [-0.2, 0) is 10.8 Å². The van der Waals surface area contributed by atoms with E-state index in [9.17, 15) is 0 Å². The average molecular weight is 773 g/mol. The fraction of sp³-hybridized carbons (Fsp3) is 0.224. The number of hydrogen-bond donors (Lipinski definition) is 0. The molecule has 4 saturated carbocycles. The predicted octanol–water partition coefficient (Wildman–Crippen LogP) is 15.1. The molecule has 0 N–H and O–H groups in total. The summed E-state index contributed by atoms with van der Waals surface area (Å²) < 4.78 is 0. The molecule has 2 nitrogen and oxygen atoms in total. The van der Waals surface area contributed by atoms with E-state index in [1.807, 2.05) is 6.20 Å². The Kier molecular flexibility index (Phi) is 7.28. The maximum Gasteiger partial charge on any atom is 0.0723 e. The van der Waals surface area contributed by atoms with Crippen molar-refractivity contribution in [1.29, 1.82) is 0 Å². The summed E-state index contributed by atoms with van der Waals surface area (Å²) >= 11 is 0. The first-order valence-corrected chi connectivity index (χ1v) is 22.3. The van der Waals surface area contributed by atoms with Crippen LogP contribution in [0.25, 0.3) is 55.4 Å². The highest BCUT2D eigenvalue weighted by atomic mass is 15.1. The minimum Gasteiger partial charge on any atom is -0.309 e. The van der Waals surface area contributed by atoms with E-state index in [-0.39, 0.29) is 10.8 Å². The Labute approximate surface area is 353 Å². The van der Waals surface area contributed by atoms with Crippen LogP contribution < -0.4 is 4.90 Å². The summed E-state index contributed by atoms with van der Waals surface area (Å²) in [6.45, 7) is 4.77. The molecule has 0 amide bonds. The second kappa shape index (κ2) is 12.6. The molecule has 6 aliphatic carbocycles. The molecule has 60 heavy (non-hydrogen) atoms. The van der Waals surface area contributed by atoms with Gasteiger partial charge >= 0.3 is 0 Å². The number of benzene rings is 7. The molecule has 6 aliphatic rings. The van der Waals surface area contributed by atoms with Crippen molar-refractivity contribution in [2.24, 2.45) is 23.7 Å². The molecule has 8 aromatic rings. The molecule has 290 valence electrons. The molecule has 7 aromatic carbocycles. The van der Waals surface area contributed by atoms with Gasteiger partial charge in [0, 0.05) is 39.4 Å². The number of pyridine rings is 1. The zero-order valence-electron chi connectivity index (χ0n) is 34.4. The molecule has 4 fully saturated rings. The average Bonchev–Trinajstić information content (AvgIpc) is 3.71. The third-order valence-corrected chi connectivity index (χ3v) is 15.9. The standard InChI is InChI=1S/C58H48N2/c1-57(2)50-18-8-6-14-44(50)45-26-25-43(35-53(45)57)60(42-23-21-39(22-24-42)38-12-4-3-5-13-38)56-47(27-28-54-49(56)17-11-29-59-54)46-16-10-20-52-55(46)48-15-7-9-19-51(48)58(52)40-31-36-30-37(33-40)34-41(58)32-36/h3-29,35-37,40-41H,30-34H2,1-2H3. The van der Waals surface area contributed by atoms with Crippen LogP contribution in [0.4, 0.5) is 17.1 Å². The monoisotopic (exact) mass is 772 g/mol. The topological polar surface area (TPSA) is 16.1 Å². The van der Waals surface area contributed by atoms with Gasteiger partial charge in [-0.2, -0.15) is 0 Å². The molecule has 2 heteroatoms. The highest BCUT2D eigenvalue weighted by molar-refractivity contribution is 6.08. The van der Waals surface area contributed by atoms with Crippen molar-refractivity contribution in [2.75, 3.05) is 4.90 Å². The number of hydrogen-bond acceptors (Lipinski definition) is 2. The lowest BCUT2D eigenvalue weighted by Gasteiger charge is -2.61. The molecule has 4 bridgehead atoms. The van der Waals surface area contributed by atoms with E-state index in [0.717, 1.165) is 34.1 Å². The first kappa shape index (κ1) is 34.6. The summed E-state index contributed by atoms with van der Waals surface area (Å²) in [5.41, 5.74) is 21.0. The quantitative estimate of drug-likeness (QED) is 0.173. The van der Waals surface area contributed by atoms with E-state index < -0.39 is 0 Å². The van der Waals surface area contributed by atoms with Gasteiger partial charge < -0.3 is 4.90 Å². The third-order valence-electron chi connectivity index (χ3n) is 15.9. The normalized spacial score (nSPS) is 23.4. The van der Waals surface area contributed by atoms with Crippen LogP contribution in [0.1, 0.15) is 68.2 Å². The number of fused-ring (bicyclic) bond motifs is 7. The summed E-state index contributed by atoms with van der Waals surface area (Å²) in [6.07, 6.45) is 8.91. The molecule has 14 rings (SSSR count). The number of rotatable bonds is 5. The maximum atomic E-state index is 5.01. The van der Waals surface area contributed by atoms with E-state index in [4.69, 9.17) is 4.98 Å². The fourth-order valence-corrected chi connectivity index (χ4v) is 13.7. The summed E-state index contributed by atoms with van der Waals surface area (Å²) in [5, 5.41) is 1.15. The van der Waals surface area contributed by atoms with E-state index in [2.05, 4.69) is 183 Å². The second-order valence-corrected chi connectivity index (χ2v) is 19.1. The Morgan fingerprint density at radius 2 is 1.08 bits per heavy atom. The molecule has 1 aromatic heterocycles. The SMILES string of the molecule is CC1(C)c2ccccc2-c2ccc(N(c3ccc(-c4ccccc4)cc3)c3c(-c4cccc5c4-c4ccccc4C54C5CC6CC(C5)CC4C6)ccc4ncccc34)cc21. The molecule has 0 radical (unpaired) electrons. The van der Waals surface area contributed by atoms with Gasteiger partial charge in [0.15, 0.2) is 0 Å². The fourth-order valence-electron chi connectivity index (χ4n) is 13.7. The van der Waals surface area contributed by atoms with E-state index in [0.29, 0.717) is 11.8 Å². The minimum absolute atomic E-state index is 0.0987. The molecular formula is C58H48N2. The Morgan fingerprint density at radius 1 is 0.467 bits per heavy atom. The highest BCUT2D eigenvalue weighted by Crippen LogP contribution is 2.70. The molecule has 0 saturated heterocycles. The predicted molar refractivity (Wildman–Crippen MR) is 248 cm³/mol. The Balaban J connectivity index is 1.07. The van der Waals surface area contributed by atoms with Crippen molar-refractivity contribution in [1.82, 2.24) is 4.98 Å². The number of nitrogens with zero attached hydrogens (tertiary/aromatic N) is 2. The summed E-state index contributed by atoms with van der Waals surface area (Å²) in [5.74, 6) is 3.24. The van der Waals surface area contributed by atoms with Crippen molar-refractivity contribution >= 4 is 28.0 Å². The van der Waals surface area contributed by atoms with E-state index in [1.165, 1.54) is 93.4 Å². The molecule has 1 heterocycles. The number of anilines is 3. The molecule has 0 unspecified atom stereocenters. The summed E-state index contributed by atoms with van der Waals surface area (Å²) in [6, 6.07) is 62.1. The van der Waals surface area contributed by atoms with Crippen LogP contribution >= 0.6 is 0 Å². The van der Waals surface area contributed by atoms with Crippen LogP contribution in [0.5, 0.6) is 0 Å². The van der Waals surface area contributed by atoms with E-state index >= 15 is 0 Å². The van der Waals surface area contributed by atoms with Gasteiger partial charge in [-0.15, -0.1) is 0 Å². The number of aromatic nitrogens is 1. The van der Waals surface area contributed by atoms with Crippen LogP contribution in [0, 0.1) is 23.7 Å². The highest BCUT2D eigenvalue weighted by Gasteiger charge is 2.61. The van der Waals surface area contributed by atoms with Gasteiger partial charge in [0.1, 0.15) is 0 Å². The second-order valence-electron chi connectivity index (χ2n) is 19.1. The lowest BCUT2D eigenvalue weighted by atomic mass is 9.43. The van der Waals surface area contributed by atoms with Crippen LogP contribution in [-0.4, -0.2) is 4.98 Å². The van der Waals surface area contributed by atoms with Crippen LogP contribution in [0.3, 0.4) is 0 Å². The smallest absolute Gasteiger partial charge is 0.0723 e. The molecule has 0 aliphatic heterocycles. The largest absolute Gasteiger partial charge is 0.309 e. The first-order chi connectivity index (χ1) is 29.5. The van der Waals surface area contributed by atoms with Gasteiger partial charge in [-0.3, -0.25) is 4.98 Å².